The van der Waals surface area contributed by atoms with Crippen molar-refractivity contribution in [3.63, 3.8) is 0 Å². The lowest BCUT2D eigenvalue weighted by Gasteiger charge is -2.22. The van der Waals surface area contributed by atoms with Crippen molar-refractivity contribution in [1.29, 1.82) is 0 Å². The molecule has 0 aromatic carbocycles. The Hall–Kier alpha value is -0.0900. The zero-order valence-corrected chi connectivity index (χ0v) is 12.0. The maximum atomic E-state index is 4.42. The van der Waals surface area contributed by atoms with E-state index in [4.69, 9.17) is 0 Å². The van der Waals surface area contributed by atoms with Crippen LogP contribution in [-0.4, -0.2) is 22.9 Å². The van der Waals surface area contributed by atoms with Crippen LogP contribution in [0.2, 0.25) is 0 Å². The second kappa shape index (κ2) is 4.06. The number of anilines is 1. The van der Waals surface area contributed by atoms with Gasteiger partial charge in [0.15, 0.2) is 0 Å². The largest absolute Gasteiger partial charge is 0.354 e. The molecule has 1 fully saturated rings. The van der Waals surface area contributed by atoms with Crippen LogP contribution in [0.3, 0.4) is 0 Å². The van der Waals surface area contributed by atoms with Crippen LogP contribution >= 0.6 is 31.9 Å². The van der Waals surface area contributed by atoms with Crippen molar-refractivity contribution in [2.45, 2.75) is 18.7 Å². The molecular formula is C11H14Br2N2. The molecule has 4 heteroatoms. The minimum Gasteiger partial charge on any atom is -0.354 e. The Bertz CT molecular complexity index is 365. The summed E-state index contributed by atoms with van der Waals surface area (Å²) < 4.78 is 1.07. The average Bonchev–Trinajstić information content (AvgIpc) is 2.42. The monoisotopic (exact) mass is 332 g/mol. The van der Waals surface area contributed by atoms with Crippen LogP contribution in [0.1, 0.15) is 13.8 Å². The highest BCUT2D eigenvalue weighted by Gasteiger charge is 2.38. The topological polar surface area (TPSA) is 16.1 Å². The molecule has 2 rings (SSSR count). The molecule has 1 aromatic rings. The molecule has 1 unspecified atom stereocenters. The van der Waals surface area contributed by atoms with E-state index >= 15 is 0 Å². The molecule has 1 saturated heterocycles. The first-order valence-corrected chi connectivity index (χ1v) is 6.71. The molecule has 0 spiro atoms. The zero-order chi connectivity index (χ0) is 11.1. The van der Waals surface area contributed by atoms with Gasteiger partial charge in [0.25, 0.3) is 0 Å². The van der Waals surface area contributed by atoms with Crippen molar-refractivity contribution in [3.8, 4) is 0 Å². The van der Waals surface area contributed by atoms with Crippen LogP contribution in [0, 0.1) is 5.41 Å². The van der Waals surface area contributed by atoms with E-state index in [9.17, 15) is 0 Å². The first kappa shape index (κ1) is 11.4. The van der Waals surface area contributed by atoms with E-state index in [1.54, 1.807) is 0 Å². The van der Waals surface area contributed by atoms with Gasteiger partial charge in [-0.05, 0) is 33.5 Å². The van der Waals surface area contributed by atoms with Gasteiger partial charge in [-0.15, -0.1) is 0 Å². The number of hydrogen-bond acceptors (Lipinski definition) is 2. The normalized spacial score (nSPS) is 24.5. The van der Waals surface area contributed by atoms with Crippen molar-refractivity contribution < 1.29 is 0 Å². The Labute approximate surface area is 107 Å². The summed E-state index contributed by atoms with van der Waals surface area (Å²) in [5.74, 6) is 1.05. The lowest BCUT2D eigenvalue weighted by atomic mass is 9.93. The minimum absolute atomic E-state index is 0.303. The number of nitrogens with zero attached hydrogens (tertiary/aromatic N) is 2. The molecule has 1 aliphatic heterocycles. The van der Waals surface area contributed by atoms with E-state index < -0.39 is 0 Å². The van der Waals surface area contributed by atoms with Gasteiger partial charge in [0.05, 0.1) is 4.47 Å². The predicted octanol–water partition coefficient (Wildman–Crippen LogP) is 3.45. The van der Waals surface area contributed by atoms with Crippen LogP contribution in [-0.2, 0) is 0 Å². The van der Waals surface area contributed by atoms with Gasteiger partial charge in [-0.1, -0.05) is 29.8 Å². The van der Waals surface area contributed by atoms with Crippen LogP contribution in [0.15, 0.2) is 22.8 Å². The van der Waals surface area contributed by atoms with Crippen LogP contribution in [0.4, 0.5) is 5.82 Å². The van der Waals surface area contributed by atoms with Gasteiger partial charge in [0.2, 0.25) is 0 Å². The van der Waals surface area contributed by atoms with Crippen molar-refractivity contribution in [2.75, 3.05) is 18.0 Å². The number of pyridine rings is 1. The lowest BCUT2D eigenvalue weighted by Crippen LogP contribution is -2.24. The highest BCUT2D eigenvalue weighted by molar-refractivity contribution is 9.10. The molecule has 0 bridgehead atoms. The molecule has 0 saturated carbocycles. The minimum atomic E-state index is 0.303. The zero-order valence-electron chi connectivity index (χ0n) is 8.87. The standard InChI is InChI=1S/C11H14Br2N2/c1-11(2)7-15(6-9(11)13)10-8(12)4-3-5-14-10/h3-5,9H,6-7H2,1-2H3. The number of rotatable bonds is 1. The molecule has 0 aliphatic carbocycles. The van der Waals surface area contributed by atoms with E-state index in [0.717, 1.165) is 23.4 Å². The number of hydrogen-bond donors (Lipinski definition) is 0. The molecule has 1 aromatic heterocycles. The fraction of sp³-hybridized carbons (Fsp3) is 0.545. The third-order valence-electron chi connectivity index (χ3n) is 2.87. The van der Waals surface area contributed by atoms with Crippen LogP contribution in [0.5, 0.6) is 0 Å². The molecule has 1 atom stereocenters. The first-order valence-electron chi connectivity index (χ1n) is 5.00. The summed E-state index contributed by atoms with van der Waals surface area (Å²) in [5, 5.41) is 0. The molecular weight excluding hydrogens is 320 g/mol. The van der Waals surface area contributed by atoms with Gasteiger partial charge in [-0.25, -0.2) is 4.98 Å². The van der Waals surface area contributed by atoms with Gasteiger partial charge in [0.1, 0.15) is 5.82 Å². The molecule has 0 amide bonds. The summed E-state index contributed by atoms with van der Waals surface area (Å²) in [4.78, 5) is 7.27. The molecule has 82 valence electrons. The van der Waals surface area contributed by atoms with E-state index in [2.05, 4.69) is 55.6 Å². The summed E-state index contributed by atoms with van der Waals surface area (Å²) in [5.41, 5.74) is 0.303. The van der Waals surface area contributed by atoms with E-state index in [1.165, 1.54) is 0 Å². The van der Waals surface area contributed by atoms with Crippen LogP contribution < -0.4 is 4.90 Å². The predicted molar refractivity (Wildman–Crippen MR) is 70.6 cm³/mol. The van der Waals surface area contributed by atoms with Gasteiger partial charge in [-0.2, -0.15) is 0 Å². The summed E-state index contributed by atoms with van der Waals surface area (Å²) >= 11 is 7.28. The van der Waals surface area contributed by atoms with Gasteiger partial charge >= 0.3 is 0 Å². The van der Waals surface area contributed by atoms with E-state index in [-0.39, 0.29) is 0 Å². The molecule has 0 N–H and O–H groups in total. The van der Waals surface area contributed by atoms with Gasteiger partial charge in [0, 0.05) is 24.1 Å². The second-order valence-electron chi connectivity index (χ2n) is 4.65. The van der Waals surface area contributed by atoms with E-state index in [1.807, 2.05) is 18.3 Å². The summed E-state index contributed by atoms with van der Waals surface area (Å²) in [7, 11) is 0. The smallest absolute Gasteiger partial charge is 0.142 e. The molecule has 0 radical (unpaired) electrons. The van der Waals surface area contributed by atoms with Gasteiger partial charge < -0.3 is 4.90 Å². The third kappa shape index (κ3) is 2.21. The highest BCUT2D eigenvalue weighted by Crippen LogP contribution is 2.38. The first-order chi connectivity index (χ1) is 7.00. The SMILES string of the molecule is CC1(C)CN(c2ncccc2Br)CC1Br. The second-order valence-corrected chi connectivity index (χ2v) is 6.61. The maximum absolute atomic E-state index is 4.42. The van der Waals surface area contributed by atoms with Crippen molar-refractivity contribution >= 4 is 37.7 Å². The summed E-state index contributed by atoms with van der Waals surface area (Å²) in [6.07, 6.45) is 1.84. The van der Waals surface area contributed by atoms with Crippen molar-refractivity contribution in [2.24, 2.45) is 5.41 Å². The maximum Gasteiger partial charge on any atom is 0.142 e. The Balaban J connectivity index is 2.25. The van der Waals surface area contributed by atoms with Crippen LogP contribution in [0.25, 0.3) is 0 Å². The fourth-order valence-corrected chi connectivity index (χ4v) is 2.87. The fourth-order valence-electron chi connectivity index (χ4n) is 1.87. The summed E-state index contributed by atoms with van der Waals surface area (Å²) in [6, 6.07) is 3.98. The number of aromatic nitrogens is 1. The molecule has 2 nitrogen and oxygen atoms in total. The summed E-state index contributed by atoms with van der Waals surface area (Å²) in [6.45, 7) is 6.62. The quantitative estimate of drug-likeness (QED) is 0.732. The van der Waals surface area contributed by atoms with Crippen molar-refractivity contribution in [1.82, 2.24) is 4.98 Å². The third-order valence-corrected chi connectivity index (χ3v) is 5.01. The molecule has 15 heavy (non-hydrogen) atoms. The average molecular weight is 334 g/mol. The molecule has 1 aliphatic rings. The highest BCUT2D eigenvalue weighted by atomic mass is 79.9. The number of alkyl halides is 1. The number of halogens is 2. The van der Waals surface area contributed by atoms with E-state index in [0.29, 0.717) is 10.2 Å². The Morgan fingerprint density at radius 3 is 2.80 bits per heavy atom. The Kier molecular flexibility index (Phi) is 3.08. The Morgan fingerprint density at radius 2 is 2.27 bits per heavy atom. The van der Waals surface area contributed by atoms with Crippen molar-refractivity contribution in [3.05, 3.63) is 22.8 Å². The molecule has 2 heterocycles. The lowest BCUT2D eigenvalue weighted by molar-refractivity contribution is 0.434. The van der Waals surface area contributed by atoms with Gasteiger partial charge in [-0.3, -0.25) is 0 Å². The Morgan fingerprint density at radius 1 is 1.53 bits per heavy atom.